The van der Waals surface area contributed by atoms with Crippen molar-refractivity contribution in [2.75, 3.05) is 19.3 Å². The predicted molar refractivity (Wildman–Crippen MR) is 76.2 cm³/mol. The monoisotopic (exact) mass is 291 g/mol. The normalized spacial score (nSPS) is 35.8. The van der Waals surface area contributed by atoms with Crippen molar-refractivity contribution in [3.8, 4) is 0 Å². The minimum atomic E-state index is -0.425. The van der Waals surface area contributed by atoms with Gasteiger partial charge < -0.3 is 10.1 Å². The molecule has 2 unspecified atom stereocenters. The van der Waals surface area contributed by atoms with E-state index in [2.05, 4.69) is 22.6 Å². The molecule has 2 rings (SSSR count). The Balaban J connectivity index is 2.01. The first-order chi connectivity index (χ1) is 8.18. The van der Waals surface area contributed by atoms with Gasteiger partial charge in [-0.1, -0.05) is 41.0 Å². The number of amides is 2. The molecule has 8 heteroatoms. The molecule has 0 bridgehead atoms. The van der Waals surface area contributed by atoms with Crippen LogP contribution in [-0.2, 0) is 4.74 Å². The fraction of sp³-hybridized carbons (Fsp3) is 0.667. The van der Waals surface area contributed by atoms with E-state index in [-0.39, 0.29) is 18.4 Å². The van der Waals surface area contributed by atoms with E-state index >= 15 is 0 Å². The number of nitrogens with one attached hydrogen (secondary N) is 2. The topological polar surface area (TPSA) is 56.9 Å². The van der Waals surface area contributed by atoms with E-state index in [0.717, 1.165) is 23.0 Å². The van der Waals surface area contributed by atoms with Crippen molar-refractivity contribution in [2.24, 2.45) is 0 Å². The molecule has 0 spiro atoms. The molecule has 2 aliphatic rings. The smallest absolute Gasteiger partial charge is 0.321 e. The fourth-order valence-electron chi connectivity index (χ4n) is 1.86. The molecule has 17 heavy (non-hydrogen) atoms. The maximum absolute atomic E-state index is 12.0. The third kappa shape index (κ3) is 2.38. The van der Waals surface area contributed by atoms with Crippen LogP contribution in [0.3, 0.4) is 0 Å². The Morgan fingerprint density at radius 2 is 2.35 bits per heavy atom. The van der Waals surface area contributed by atoms with E-state index in [1.807, 2.05) is 6.26 Å². The Kier molecular flexibility index (Phi) is 4.11. The van der Waals surface area contributed by atoms with Crippen molar-refractivity contribution in [2.45, 2.75) is 17.4 Å². The van der Waals surface area contributed by atoms with Crippen LogP contribution in [0.25, 0.3) is 0 Å². The Morgan fingerprint density at radius 3 is 2.94 bits per heavy atom. The van der Waals surface area contributed by atoms with Crippen LogP contribution in [0.1, 0.15) is 0 Å². The van der Waals surface area contributed by atoms with Crippen LogP contribution in [0, 0.1) is 0 Å². The molecule has 2 fully saturated rings. The Hall–Kier alpha value is -0.120. The number of epoxide rings is 1. The third-order valence-electron chi connectivity index (χ3n) is 2.81. The van der Waals surface area contributed by atoms with Crippen molar-refractivity contribution in [3.63, 3.8) is 0 Å². The molecular weight excluding hydrogens is 276 g/mol. The molecule has 94 valence electrons. The van der Waals surface area contributed by atoms with E-state index in [9.17, 15) is 4.79 Å². The van der Waals surface area contributed by atoms with Crippen LogP contribution in [-0.4, -0.2) is 60.2 Å². The second kappa shape index (κ2) is 5.25. The number of nitrogens with zero attached hydrogens (tertiary/aromatic N) is 1. The lowest BCUT2D eigenvalue weighted by Crippen LogP contribution is -2.58. The largest absolute Gasteiger partial charge is 0.343 e. The van der Waals surface area contributed by atoms with E-state index in [1.54, 1.807) is 16.8 Å². The van der Waals surface area contributed by atoms with Crippen molar-refractivity contribution in [3.05, 3.63) is 0 Å². The van der Waals surface area contributed by atoms with Gasteiger partial charge in [-0.3, -0.25) is 9.62 Å². The van der Waals surface area contributed by atoms with Gasteiger partial charge in [0.1, 0.15) is 6.10 Å². The van der Waals surface area contributed by atoms with Crippen LogP contribution in [0.15, 0.2) is 0 Å². The zero-order chi connectivity index (χ0) is 12.5. The minimum Gasteiger partial charge on any atom is -0.343 e. The van der Waals surface area contributed by atoms with Crippen LogP contribution < -0.4 is 10.0 Å². The van der Waals surface area contributed by atoms with E-state index in [4.69, 9.17) is 4.74 Å². The van der Waals surface area contributed by atoms with E-state index in [1.165, 1.54) is 0 Å². The minimum absolute atomic E-state index is 0.0211. The highest BCUT2D eigenvalue weighted by Gasteiger charge is 2.61. The van der Waals surface area contributed by atoms with Gasteiger partial charge in [-0.2, -0.15) is 0 Å². The van der Waals surface area contributed by atoms with Gasteiger partial charge in [0.15, 0.2) is 11.2 Å². The van der Waals surface area contributed by atoms with Gasteiger partial charge in [0.05, 0.1) is 0 Å². The van der Waals surface area contributed by atoms with E-state index < -0.39 is 5.02 Å². The highest BCUT2D eigenvalue weighted by atomic mass is 32.2. The van der Waals surface area contributed by atoms with Gasteiger partial charge >= 0.3 is 6.03 Å². The van der Waals surface area contributed by atoms with Gasteiger partial charge in [-0.25, -0.2) is 4.79 Å². The molecular formula is C9H15N3O2P2S. The molecule has 2 aliphatic heterocycles. The molecule has 2 N–H and O–H groups in total. The number of carbonyl (C=O) groups is 1. The Bertz CT molecular complexity index is 347. The van der Waals surface area contributed by atoms with Gasteiger partial charge in [0.25, 0.3) is 0 Å². The third-order valence-corrected chi connectivity index (χ3v) is 5.84. The summed E-state index contributed by atoms with van der Waals surface area (Å²) in [6.45, 7) is 1.39. The molecule has 0 saturated carbocycles. The van der Waals surface area contributed by atoms with E-state index in [0.29, 0.717) is 6.54 Å². The summed E-state index contributed by atoms with van der Waals surface area (Å²) in [5.74, 6) is 0. The number of hydrogen-bond donors (Lipinski definition) is 2. The second-order valence-electron chi connectivity index (χ2n) is 3.71. The predicted octanol–water partition coefficient (Wildman–Crippen LogP) is 1.01. The summed E-state index contributed by atoms with van der Waals surface area (Å²) in [4.78, 5) is 13.7. The molecule has 0 aliphatic carbocycles. The number of hydrogen-bond acceptors (Lipinski definition) is 4. The standard InChI is InChI=1S/C9H15N3O2P2S/c1-15-9(16-2)6-7(14-6)12(8(13)11-9)5-4-10-17-3/h6-7,10H,1-2,4-5H2,3H3,(H,11,13). The van der Waals surface area contributed by atoms with Gasteiger partial charge in [-0.05, 0) is 6.26 Å². The van der Waals surface area contributed by atoms with Crippen LogP contribution >= 0.6 is 28.4 Å². The molecule has 0 aromatic carbocycles. The van der Waals surface area contributed by atoms with Gasteiger partial charge in [0, 0.05) is 13.1 Å². The summed E-state index contributed by atoms with van der Waals surface area (Å²) >= 11 is 1.54. The van der Waals surface area contributed by atoms with Gasteiger partial charge in [-0.15, -0.1) is 0 Å². The summed E-state index contributed by atoms with van der Waals surface area (Å²) < 4.78 is 8.72. The molecule has 2 atom stereocenters. The average Bonchev–Trinajstić information content (AvgIpc) is 3.12. The number of carbonyl (C=O) groups excluding carboxylic acids is 1. The molecule has 2 amide bonds. The lowest BCUT2D eigenvalue weighted by Gasteiger charge is -2.34. The molecule has 2 saturated heterocycles. The SMILES string of the molecule is C=PC1(P=C)NC(=O)N(CCNSC)C2OC21. The summed E-state index contributed by atoms with van der Waals surface area (Å²) in [6, 6.07) is -0.0843. The molecule has 0 radical (unpaired) electrons. The lowest BCUT2D eigenvalue weighted by molar-refractivity contribution is 0.167. The van der Waals surface area contributed by atoms with Gasteiger partial charge in [0.2, 0.25) is 0 Å². The Labute approximate surface area is 108 Å². The van der Waals surface area contributed by atoms with Crippen LogP contribution in [0.5, 0.6) is 0 Å². The zero-order valence-electron chi connectivity index (χ0n) is 9.55. The molecule has 2 heterocycles. The van der Waals surface area contributed by atoms with Crippen molar-refractivity contribution < 1.29 is 9.53 Å². The molecule has 5 nitrogen and oxygen atoms in total. The highest BCUT2D eigenvalue weighted by Crippen LogP contribution is 2.49. The first kappa shape index (κ1) is 13.3. The summed E-state index contributed by atoms with van der Waals surface area (Å²) in [7, 11) is 1.70. The van der Waals surface area contributed by atoms with Crippen molar-refractivity contribution >= 4 is 47.0 Å². The van der Waals surface area contributed by atoms with Crippen molar-refractivity contribution in [1.82, 2.24) is 14.9 Å². The zero-order valence-corrected chi connectivity index (χ0v) is 12.2. The fourth-order valence-corrected chi connectivity index (χ4v) is 3.64. The number of urea groups is 1. The molecule has 0 aromatic heterocycles. The number of ether oxygens (including phenoxy) is 1. The van der Waals surface area contributed by atoms with Crippen LogP contribution in [0.2, 0.25) is 0 Å². The first-order valence-electron chi connectivity index (χ1n) is 5.14. The van der Waals surface area contributed by atoms with Crippen molar-refractivity contribution in [1.29, 1.82) is 0 Å². The lowest BCUT2D eigenvalue weighted by atomic mass is 10.3. The summed E-state index contributed by atoms with van der Waals surface area (Å²) in [5, 5.41) is 2.55. The highest BCUT2D eigenvalue weighted by molar-refractivity contribution is 7.96. The average molecular weight is 291 g/mol. The van der Waals surface area contributed by atoms with Crippen LogP contribution in [0.4, 0.5) is 4.79 Å². The first-order valence-corrected chi connectivity index (χ1v) is 8.53. The number of fused-ring (bicyclic) bond motifs is 1. The molecule has 0 aromatic rings. The summed E-state index contributed by atoms with van der Waals surface area (Å²) in [5.41, 5.74) is 0. The maximum atomic E-state index is 12.0. The Morgan fingerprint density at radius 1 is 1.65 bits per heavy atom. The summed E-state index contributed by atoms with van der Waals surface area (Å²) in [6.07, 6.45) is 9.60. The quantitative estimate of drug-likeness (QED) is 0.332. The number of rotatable bonds is 6. The second-order valence-corrected chi connectivity index (χ2v) is 6.80. The maximum Gasteiger partial charge on any atom is 0.321 e.